The van der Waals surface area contributed by atoms with Gasteiger partial charge in [-0.3, -0.25) is 4.79 Å². The maximum Gasteiger partial charge on any atom is 0.336 e. The number of carbonyl (C=O) groups is 2. The summed E-state index contributed by atoms with van der Waals surface area (Å²) in [5, 5.41) is 10.4. The van der Waals surface area contributed by atoms with Crippen LogP contribution in [0.3, 0.4) is 0 Å². The van der Waals surface area contributed by atoms with Crippen molar-refractivity contribution in [3.63, 3.8) is 0 Å². The molecule has 5 heteroatoms. The first-order valence-corrected chi connectivity index (χ1v) is 7.91. The van der Waals surface area contributed by atoms with E-state index in [0.29, 0.717) is 22.2 Å². The topological polar surface area (TPSA) is 70.5 Å². The number of aromatic nitrogens is 1. The smallest absolute Gasteiger partial charge is 0.336 e. The minimum atomic E-state index is -1.03. The van der Waals surface area contributed by atoms with Gasteiger partial charge in [-0.2, -0.15) is 0 Å². The number of hydrogen-bond donors (Lipinski definition) is 1. The number of pyridine rings is 1. The van der Waals surface area contributed by atoms with Gasteiger partial charge >= 0.3 is 5.97 Å². The molecule has 1 amide bonds. The van der Waals surface area contributed by atoms with Crippen molar-refractivity contribution >= 4 is 22.8 Å². The van der Waals surface area contributed by atoms with Gasteiger partial charge in [0.2, 0.25) is 5.91 Å². The summed E-state index contributed by atoms with van der Waals surface area (Å²) in [5.41, 5.74) is 2.76. The van der Waals surface area contributed by atoms with Gasteiger partial charge in [-0.1, -0.05) is 48.5 Å². The Bertz CT molecular complexity index is 952. The first kappa shape index (κ1) is 16.6. The van der Waals surface area contributed by atoms with Gasteiger partial charge in [0.1, 0.15) is 0 Å². The Labute approximate surface area is 145 Å². The molecule has 3 aromatic rings. The predicted octanol–water partition coefficient (Wildman–Crippen LogP) is 3.58. The Morgan fingerprint density at radius 3 is 2.32 bits per heavy atom. The van der Waals surface area contributed by atoms with Crippen LogP contribution in [-0.2, 0) is 11.3 Å². The van der Waals surface area contributed by atoms with Crippen LogP contribution in [0, 0.1) is 0 Å². The standard InChI is InChI=1S/C20H18N2O3/c1-13(23)22(2)12-16-18(20(24)25)15-10-6-7-11-17(15)21-19(16)14-8-4-3-5-9-14/h3-11H,12H2,1-2H3,(H,24,25). The lowest BCUT2D eigenvalue weighted by Crippen LogP contribution is -2.25. The number of carboxylic acid groups (broad SMARTS) is 1. The van der Waals surface area contributed by atoms with E-state index in [4.69, 9.17) is 4.98 Å². The molecule has 126 valence electrons. The first-order valence-electron chi connectivity index (χ1n) is 7.91. The highest BCUT2D eigenvalue weighted by atomic mass is 16.4. The average molecular weight is 334 g/mol. The molecule has 0 atom stereocenters. The van der Waals surface area contributed by atoms with E-state index in [9.17, 15) is 14.7 Å². The minimum absolute atomic E-state index is 0.136. The van der Waals surface area contributed by atoms with Crippen LogP contribution in [-0.4, -0.2) is 33.9 Å². The van der Waals surface area contributed by atoms with E-state index in [0.717, 1.165) is 5.56 Å². The monoisotopic (exact) mass is 334 g/mol. The Balaban J connectivity index is 2.36. The van der Waals surface area contributed by atoms with Crippen LogP contribution in [0.25, 0.3) is 22.2 Å². The highest BCUT2D eigenvalue weighted by molar-refractivity contribution is 6.05. The molecule has 1 N–H and O–H groups in total. The van der Waals surface area contributed by atoms with Crippen molar-refractivity contribution in [3.05, 3.63) is 65.7 Å². The molecule has 0 aliphatic rings. The third-order valence-corrected chi connectivity index (χ3v) is 4.19. The number of aromatic carboxylic acids is 1. The summed E-state index contributed by atoms with van der Waals surface area (Å²) in [7, 11) is 1.65. The molecule has 0 unspecified atom stereocenters. The molecule has 0 bridgehead atoms. The molecular weight excluding hydrogens is 316 g/mol. The number of carbonyl (C=O) groups excluding carboxylic acids is 1. The SMILES string of the molecule is CC(=O)N(C)Cc1c(-c2ccccc2)nc2ccccc2c1C(=O)O. The van der Waals surface area contributed by atoms with Crippen LogP contribution in [0.4, 0.5) is 0 Å². The zero-order valence-corrected chi connectivity index (χ0v) is 14.1. The fourth-order valence-corrected chi connectivity index (χ4v) is 2.83. The molecule has 5 nitrogen and oxygen atoms in total. The molecule has 0 aliphatic carbocycles. The summed E-state index contributed by atoms with van der Waals surface area (Å²) in [4.78, 5) is 29.9. The fourth-order valence-electron chi connectivity index (χ4n) is 2.83. The van der Waals surface area contributed by atoms with E-state index < -0.39 is 5.97 Å². The minimum Gasteiger partial charge on any atom is -0.478 e. The lowest BCUT2D eigenvalue weighted by Gasteiger charge is -2.20. The van der Waals surface area contributed by atoms with Crippen LogP contribution < -0.4 is 0 Å². The van der Waals surface area contributed by atoms with Crippen molar-refractivity contribution in [1.82, 2.24) is 9.88 Å². The summed E-state index contributed by atoms with van der Waals surface area (Å²) >= 11 is 0. The molecular formula is C20H18N2O3. The van der Waals surface area contributed by atoms with Gasteiger partial charge in [0.25, 0.3) is 0 Å². The van der Waals surface area contributed by atoms with Gasteiger partial charge in [-0.15, -0.1) is 0 Å². The number of para-hydroxylation sites is 1. The largest absolute Gasteiger partial charge is 0.478 e. The van der Waals surface area contributed by atoms with Gasteiger partial charge in [0.05, 0.1) is 16.8 Å². The quantitative estimate of drug-likeness (QED) is 0.792. The van der Waals surface area contributed by atoms with Crippen molar-refractivity contribution in [2.24, 2.45) is 0 Å². The molecule has 0 saturated heterocycles. The van der Waals surface area contributed by atoms with Crippen molar-refractivity contribution in [1.29, 1.82) is 0 Å². The highest BCUT2D eigenvalue weighted by Crippen LogP contribution is 2.31. The molecule has 1 aromatic heterocycles. The fraction of sp³-hybridized carbons (Fsp3) is 0.150. The number of benzene rings is 2. The number of hydrogen-bond acceptors (Lipinski definition) is 3. The van der Waals surface area contributed by atoms with E-state index in [-0.39, 0.29) is 18.0 Å². The van der Waals surface area contributed by atoms with Crippen molar-refractivity contribution < 1.29 is 14.7 Å². The van der Waals surface area contributed by atoms with Gasteiger partial charge < -0.3 is 10.0 Å². The second-order valence-corrected chi connectivity index (χ2v) is 5.88. The Morgan fingerprint density at radius 1 is 1.04 bits per heavy atom. The van der Waals surface area contributed by atoms with Crippen LogP contribution in [0.1, 0.15) is 22.8 Å². The molecule has 1 heterocycles. The summed E-state index contributed by atoms with van der Waals surface area (Å²) in [5.74, 6) is -1.16. The third kappa shape index (κ3) is 3.21. The third-order valence-electron chi connectivity index (χ3n) is 4.19. The number of nitrogens with zero attached hydrogens (tertiary/aromatic N) is 2. The summed E-state index contributed by atoms with van der Waals surface area (Å²) in [6, 6.07) is 16.6. The average Bonchev–Trinajstić information content (AvgIpc) is 2.61. The van der Waals surface area contributed by atoms with E-state index in [1.807, 2.05) is 36.4 Å². The maximum atomic E-state index is 12.0. The lowest BCUT2D eigenvalue weighted by molar-refractivity contribution is -0.128. The molecule has 0 saturated carbocycles. The van der Waals surface area contributed by atoms with Crippen LogP contribution in [0.15, 0.2) is 54.6 Å². The van der Waals surface area contributed by atoms with Crippen LogP contribution in [0.5, 0.6) is 0 Å². The predicted molar refractivity (Wildman–Crippen MR) is 96.3 cm³/mol. The molecule has 0 fully saturated rings. The normalized spacial score (nSPS) is 10.6. The van der Waals surface area contributed by atoms with Gasteiger partial charge in [0, 0.05) is 37.0 Å². The molecule has 0 aliphatic heterocycles. The molecule has 2 aromatic carbocycles. The Hall–Kier alpha value is -3.21. The summed E-state index contributed by atoms with van der Waals surface area (Å²) in [6.45, 7) is 1.64. The zero-order chi connectivity index (χ0) is 18.0. The Kier molecular flexibility index (Phi) is 4.48. The molecule has 0 radical (unpaired) electrons. The van der Waals surface area contributed by atoms with E-state index in [1.165, 1.54) is 11.8 Å². The van der Waals surface area contributed by atoms with Gasteiger partial charge in [-0.25, -0.2) is 9.78 Å². The first-order chi connectivity index (χ1) is 12.0. The number of amides is 1. The highest BCUT2D eigenvalue weighted by Gasteiger charge is 2.22. The van der Waals surface area contributed by atoms with E-state index in [1.54, 1.807) is 25.2 Å². The number of carboxylic acids is 1. The molecule has 25 heavy (non-hydrogen) atoms. The molecule has 0 spiro atoms. The second kappa shape index (κ2) is 6.73. The van der Waals surface area contributed by atoms with E-state index in [2.05, 4.69) is 0 Å². The zero-order valence-electron chi connectivity index (χ0n) is 14.1. The van der Waals surface area contributed by atoms with Gasteiger partial charge in [-0.05, 0) is 6.07 Å². The van der Waals surface area contributed by atoms with Crippen molar-refractivity contribution in [2.45, 2.75) is 13.5 Å². The van der Waals surface area contributed by atoms with Crippen molar-refractivity contribution in [3.8, 4) is 11.3 Å². The second-order valence-electron chi connectivity index (χ2n) is 5.88. The number of fused-ring (bicyclic) bond motifs is 1. The summed E-state index contributed by atoms with van der Waals surface area (Å²) in [6.07, 6.45) is 0. The molecule has 3 rings (SSSR count). The van der Waals surface area contributed by atoms with Crippen LogP contribution >= 0.6 is 0 Å². The Morgan fingerprint density at radius 2 is 1.68 bits per heavy atom. The van der Waals surface area contributed by atoms with Crippen molar-refractivity contribution in [2.75, 3.05) is 7.05 Å². The number of rotatable bonds is 4. The maximum absolute atomic E-state index is 12.0. The van der Waals surface area contributed by atoms with Crippen LogP contribution in [0.2, 0.25) is 0 Å². The van der Waals surface area contributed by atoms with Gasteiger partial charge in [0.15, 0.2) is 0 Å². The van der Waals surface area contributed by atoms with E-state index >= 15 is 0 Å². The lowest BCUT2D eigenvalue weighted by atomic mass is 9.96. The summed E-state index contributed by atoms with van der Waals surface area (Å²) < 4.78 is 0.